The van der Waals surface area contributed by atoms with Gasteiger partial charge in [-0.15, -0.1) is 0 Å². The van der Waals surface area contributed by atoms with Gasteiger partial charge in [0.05, 0.1) is 0 Å². The van der Waals surface area contributed by atoms with Crippen LogP contribution in [-0.4, -0.2) is 26.9 Å². The zero-order chi connectivity index (χ0) is 9.94. The van der Waals surface area contributed by atoms with E-state index < -0.39 is 9.28 Å². The Morgan fingerprint density at radius 1 is 1.15 bits per heavy atom. The third-order valence-electron chi connectivity index (χ3n) is 1.35. The summed E-state index contributed by atoms with van der Waals surface area (Å²) in [5.41, 5.74) is 2.12. The summed E-state index contributed by atoms with van der Waals surface area (Å²) in [5.74, 6) is 0. The Morgan fingerprint density at radius 2 is 1.69 bits per heavy atom. The van der Waals surface area contributed by atoms with Crippen LogP contribution in [0.3, 0.4) is 0 Å². The minimum Gasteiger partial charge on any atom is -0.394 e. The molecule has 0 aliphatic heterocycles. The Bertz CT molecular complexity index is 123. The Balaban J connectivity index is 3.66. The molecule has 0 N–H and O–H groups in total. The van der Waals surface area contributed by atoms with Crippen molar-refractivity contribution in [3.63, 3.8) is 0 Å². The predicted molar refractivity (Wildman–Crippen MR) is 67.7 cm³/mol. The lowest BCUT2D eigenvalue weighted by atomic mass is 10.5. The van der Waals surface area contributed by atoms with Crippen LogP contribution >= 0.6 is 22.6 Å². The van der Waals surface area contributed by atoms with Crippen molar-refractivity contribution in [3.8, 4) is 0 Å². The highest BCUT2D eigenvalue weighted by atomic mass is 127. The molecule has 0 radical (unpaired) electrons. The van der Waals surface area contributed by atoms with Crippen molar-refractivity contribution >= 4 is 31.9 Å². The molecule has 0 aliphatic carbocycles. The van der Waals surface area contributed by atoms with E-state index in [1.165, 1.54) is 0 Å². The summed E-state index contributed by atoms with van der Waals surface area (Å²) in [4.78, 5) is 0. The maximum Gasteiger partial charge on any atom is 0.348 e. The van der Waals surface area contributed by atoms with Crippen LogP contribution in [-0.2, 0) is 8.85 Å². The molecule has 0 bridgehead atoms. The van der Waals surface area contributed by atoms with E-state index in [0.717, 1.165) is 30.5 Å². The van der Waals surface area contributed by atoms with Crippen LogP contribution in [0.25, 0.3) is 0 Å². The molecule has 4 heteroatoms. The third kappa shape index (κ3) is 8.92. The van der Waals surface area contributed by atoms with E-state index in [1.54, 1.807) is 0 Å². The van der Waals surface area contributed by atoms with Crippen LogP contribution in [0.5, 0.6) is 0 Å². The van der Waals surface area contributed by atoms with Crippen LogP contribution in [0.15, 0.2) is 11.8 Å². The highest BCUT2D eigenvalue weighted by molar-refractivity contribution is 14.1. The summed E-state index contributed by atoms with van der Waals surface area (Å²) in [7, 11) is -1.47. The molecule has 0 saturated heterocycles. The molecule has 0 heterocycles. The van der Waals surface area contributed by atoms with E-state index in [-0.39, 0.29) is 0 Å². The second kappa shape index (κ2) is 10.7. The van der Waals surface area contributed by atoms with E-state index in [4.69, 9.17) is 8.85 Å². The van der Waals surface area contributed by atoms with Gasteiger partial charge < -0.3 is 8.85 Å². The van der Waals surface area contributed by atoms with Crippen LogP contribution in [0.2, 0.25) is 0 Å². The molecule has 0 atom stereocenters. The molecule has 0 aromatic carbocycles. The molecule has 0 unspecified atom stereocenters. The summed E-state index contributed by atoms with van der Waals surface area (Å²) in [6, 6.07) is 0. The van der Waals surface area contributed by atoms with Crippen molar-refractivity contribution in [2.75, 3.05) is 17.6 Å². The number of alkyl halides is 1. The van der Waals surface area contributed by atoms with Gasteiger partial charge in [-0.05, 0) is 18.5 Å². The largest absolute Gasteiger partial charge is 0.394 e. The van der Waals surface area contributed by atoms with Crippen LogP contribution < -0.4 is 0 Å². The number of hydrogen-bond donors (Lipinski definition) is 0. The average molecular weight is 314 g/mol. The van der Waals surface area contributed by atoms with E-state index in [2.05, 4.69) is 48.2 Å². The molecule has 78 valence electrons. The number of hydrogen-bond acceptors (Lipinski definition) is 2. The topological polar surface area (TPSA) is 18.5 Å². The van der Waals surface area contributed by atoms with Crippen molar-refractivity contribution in [3.05, 3.63) is 11.8 Å². The fourth-order valence-electron chi connectivity index (χ4n) is 0.790. The van der Waals surface area contributed by atoms with E-state index in [0.29, 0.717) is 0 Å². The highest BCUT2D eigenvalue weighted by Gasteiger charge is 2.07. The normalized spacial score (nSPS) is 11.7. The number of allylic oxidation sites excluding steroid dienone is 1. The zero-order valence-corrected chi connectivity index (χ0v) is 11.8. The minimum absolute atomic E-state index is 0.826. The molecule has 0 spiro atoms. The Hall–Kier alpha value is 0.607. The Kier molecular flexibility index (Phi) is 11.2. The van der Waals surface area contributed by atoms with Gasteiger partial charge in [-0.2, -0.15) is 0 Å². The first-order valence-electron chi connectivity index (χ1n) is 4.81. The van der Waals surface area contributed by atoms with Gasteiger partial charge >= 0.3 is 9.28 Å². The highest BCUT2D eigenvalue weighted by Crippen LogP contribution is 1.96. The summed E-state index contributed by atoms with van der Waals surface area (Å²) >= 11 is 2.32. The molecular weight excluding hydrogens is 295 g/mol. The summed E-state index contributed by atoms with van der Waals surface area (Å²) < 4.78 is 12.3. The van der Waals surface area contributed by atoms with Crippen molar-refractivity contribution in [2.45, 2.75) is 26.7 Å². The molecule has 0 aliphatic rings. The van der Waals surface area contributed by atoms with E-state index in [1.807, 2.05) is 0 Å². The van der Waals surface area contributed by atoms with Gasteiger partial charge in [0, 0.05) is 17.6 Å². The lowest BCUT2D eigenvalue weighted by Crippen LogP contribution is -2.21. The van der Waals surface area contributed by atoms with E-state index >= 15 is 0 Å². The molecule has 0 amide bonds. The molecule has 0 saturated carbocycles. The fraction of sp³-hybridized carbons (Fsp3) is 0.778. The fourth-order valence-corrected chi connectivity index (χ4v) is 3.25. The zero-order valence-electron chi connectivity index (χ0n) is 8.46. The van der Waals surface area contributed by atoms with Gasteiger partial charge in [0.1, 0.15) is 0 Å². The first-order valence-corrected chi connectivity index (χ1v) is 7.94. The Morgan fingerprint density at radius 3 is 2.08 bits per heavy atom. The van der Waals surface area contributed by atoms with Crippen molar-refractivity contribution in [1.29, 1.82) is 0 Å². The molecule has 0 aromatic rings. The number of halogens is 1. The summed E-state index contributed by atoms with van der Waals surface area (Å²) in [6.45, 7) is 5.89. The predicted octanol–water partition coefficient (Wildman–Crippen LogP) is 2.59. The molecule has 0 rings (SSSR count). The lowest BCUT2D eigenvalue weighted by molar-refractivity contribution is 0.206. The third-order valence-corrected chi connectivity index (χ3v) is 3.58. The van der Waals surface area contributed by atoms with Crippen LogP contribution in [0.1, 0.15) is 26.7 Å². The maximum absolute atomic E-state index is 5.62. The molecule has 0 aromatic heterocycles. The molecule has 0 fully saturated rings. The van der Waals surface area contributed by atoms with Crippen molar-refractivity contribution in [1.82, 2.24) is 0 Å². The average Bonchev–Trinajstić information content (AvgIpc) is 2.17. The van der Waals surface area contributed by atoms with Gasteiger partial charge in [-0.3, -0.25) is 0 Å². The van der Waals surface area contributed by atoms with E-state index in [9.17, 15) is 0 Å². The van der Waals surface area contributed by atoms with Gasteiger partial charge in [0.15, 0.2) is 0 Å². The van der Waals surface area contributed by atoms with Gasteiger partial charge in [0.25, 0.3) is 0 Å². The maximum atomic E-state index is 5.62. The Labute approximate surface area is 96.7 Å². The second-order valence-electron chi connectivity index (χ2n) is 2.69. The van der Waals surface area contributed by atoms with Crippen molar-refractivity contribution in [2.24, 2.45) is 0 Å². The lowest BCUT2D eigenvalue weighted by Gasteiger charge is -2.11. The van der Waals surface area contributed by atoms with Crippen LogP contribution in [0, 0.1) is 0 Å². The minimum atomic E-state index is -1.47. The second-order valence-corrected chi connectivity index (χ2v) is 5.36. The smallest absolute Gasteiger partial charge is 0.348 e. The first kappa shape index (κ1) is 13.6. The SMILES string of the molecule is CCCO[SiH](C=CCI)OCCC. The molecular formula is C9H19IO2Si. The molecule has 13 heavy (non-hydrogen) atoms. The van der Waals surface area contributed by atoms with Gasteiger partial charge in [-0.25, -0.2) is 0 Å². The number of rotatable bonds is 8. The van der Waals surface area contributed by atoms with Gasteiger partial charge in [-0.1, -0.05) is 42.5 Å². The quantitative estimate of drug-likeness (QED) is 0.389. The molecule has 2 nitrogen and oxygen atoms in total. The standard InChI is InChI=1S/C9H19IO2Si/c1-3-7-11-13(9-5-6-10)12-8-4-2/h5,9,13H,3-4,6-8H2,1-2H3. The summed E-state index contributed by atoms with van der Waals surface area (Å²) in [6.07, 6.45) is 4.26. The van der Waals surface area contributed by atoms with Gasteiger partial charge in [0.2, 0.25) is 0 Å². The van der Waals surface area contributed by atoms with Crippen LogP contribution in [0.4, 0.5) is 0 Å². The monoisotopic (exact) mass is 314 g/mol. The first-order chi connectivity index (χ1) is 6.35. The summed E-state index contributed by atoms with van der Waals surface area (Å²) in [5, 5.41) is 0. The van der Waals surface area contributed by atoms with Crippen molar-refractivity contribution < 1.29 is 8.85 Å².